The third-order valence-electron chi connectivity index (χ3n) is 6.39. The Hall–Kier alpha value is -1.40. The number of aryl methyl sites for hydroxylation is 2. The fourth-order valence-corrected chi connectivity index (χ4v) is 6.20. The van der Waals surface area contributed by atoms with E-state index in [1.807, 2.05) is 18.2 Å². The van der Waals surface area contributed by atoms with E-state index in [1.54, 1.807) is 0 Å². The molecule has 0 aromatic heterocycles. The molecule has 2 aliphatic carbocycles. The van der Waals surface area contributed by atoms with Gasteiger partial charge in [0.15, 0.2) is 0 Å². The quantitative estimate of drug-likeness (QED) is 0.567. The molecule has 6 heteroatoms. The summed E-state index contributed by atoms with van der Waals surface area (Å²) in [5.41, 5.74) is 11.6. The minimum Gasteiger partial charge on any atom is -0.327 e. The van der Waals surface area contributed by atoms with E-state index >= 15 is 0 Å². The SMILES string of the molecule is NC1CCc2ccc(CCCNS(=O)(=O)CC3CC3)cc2C1Cc1ccccc1Cl. The van der Waals surface area contributed by atoms with Gasteiger partial charge in [0, 0.05) is 23.5 Å². The van der Waals surface area contributed by atoms with E-state index in [2.05, 4.69) is 29.0 Å². The van der Waals surface area contributed by atoms with Crippen molar-refractivity contribution in [3.8, 4) is 0 Å². The number of hydrogen-bond donors (Lipinski definition) is 2. The summed E-state index contributed by atoms with van der Waals surface area (Å²) in [5.74, 6) is 0.918. The van der Waals surface area contributed by atoms with Crippen LogP contribution in [0.5, 0.6) is 0 Å². The first-order chi connectivity index (χ1) is 14.4. The van der Waals surface area contributed by atoms with Crippen LogP contribution in [0.2, 0.25) is 5.02 Å². The Labute approximate surface area is 185 Å². The lowest BCUT2D eigenvalue weighted by atomic mass is 9.76. The number of benzene rings is 2. The number of sulfonamides is 1. The Morgan fingerprint density at radius 3 is 2.67 bits per heavy atom. The number of rotatable bonds is 9. The Balaban J connectivity index is 1.40. The Morgan fingerprint density at radius 1 is 1.10 bits per heavy atom. The van der Waals surface area contributed by atoms with E-state index < -0.39 is 10.0 Å². The van der Waals surface area contributed by atoms with E-state index in [1.165, 1.54) is 16.7 Å². The van der Waals surface area contributed by atoms with Gasteiger partial charge in [-0.15, -0.1) is 0 Å². The van der Waals surface area contributed by atoms with Crippen molar-refractivity contribution in [3.05, 3.63) is 69.7 Å². The van der Waals surface area contributed by atoms with Crippen LogP contribution in [0.4, 0.5) is 0 Å². The van der Waals surface area contributed by atoms with Crippen molar-refractivity contribution in [2.75, 3.05) is 12.3 Å². The molecule has 0 saturated heterocycles. The molecule has 0 spiro atoms. The summed E-state index contributed by atoms with van der Waals surface area (Å²) >= 11 is 6.41. The summed E-state index contributed by atoms with van der Waals surface area (Å²) in [6.07, 6.45) is 6.59. The van der Waals surface area contributed by atoms with Crippen molar-refractivity contribution in [3.63, 3.8) is 0 Å². The average Bonchev–Trinajstić information content (AvgIpc) is 3.52. The van der Waals surface area contributed by atoms with Crippen molar-refractivity contribution in [2.24, 2.45) is 11.7 Å². The normalized spacial score (nSPS) is 21.4. The first kappa shape index (κ1) is 21.8. The lowest BCUT2D eigenvalue weighted by Crippen LogP contribution is -2.34. The fourth-order valence-electron chi connectivity index (χ4n) is 4.46. The van der Waals surface area contributed by atoms with Gasteiger partial charge in [-0.25, -0.2) is 13.1 Å². The molecule has 2 atom stereocenters. The zero-order valence-corrected chi connectivity index (χ0v) is 18.9. The fraction of sp³-hybridized carbons (Fsp3) is 0.500. The molecule has 4 nitrogen and oxygen atoms in total. The van der Waals surface area contributed by atoms with Gasteiger partial charge in [0.05, 0.1) is 5.75 Å². The van der Waals surface area contributed by atoms with Crippen LogP contribution in [-0.4, -0.2) is 26.8 Å². The molecule has 2 aromatic carbocycles. The lowest BCUT2D eigenvalue weighted by Gasteiger charge is -2.32. The summed E-state index contributed by atoms with van der Waals surface area (Å²) in [7, 11) is -3.12. The van der Waals surface area contributed by atoms with Crippen LogP contribution < -0.4 is 10.5 Å². The van der Waals surface area contributed by atoms with E-state index in [4.69, 9.17) is 17.3 Å². The molecule has 162 valence electrons. The van der Waals surface area contributed by atoms with Crippen LogP contribution in [0.1, 0.15) is 53.9 Å². The molecule has 0 amide bonds. The maximum Gasteiger partial charge on any atom is 0.211 e. The standard InChI is InChI=1S/C24H31ClN2O2S/c25-23-6-2-1-5-20(23)15-22-21-14-17(9-10-19(21)11-12-24(22)26)4-3-13-27-30(28,29)16-18-7-8-18/h1-2,5-6,9-10,14,18,22,24,27H,3-4,7-8,11-13,15-16,26H2. The third kappa shape index (κ3) is 5.64. The smallest absolute Gasteiger partial charge is 0.211 e. The highest BCUT2D eigenvalue weighted by molar-refractivity contribution is 7.89. The van der Waals surface area contributed by atoms with Crippen LogP contribution in [0.3, 0.4) is 0 Å². The molecule has 4 rings (SSSR count). The summed E-state index contributed by atoms with van der Waals surface area (Å²) in [6.45, 7) is 0.495. The lowest BCUT2D eigenvalue weighted by molar-refractivity contribution is 0.467. The van der Waals surface area contributed by atoms with Gasteiger partial charge in [-0.1, -0.05) is 48.0 Å². The average molecular weight is 447 g/mol. The van der Waals surface area contributed by atoms with Crippen LogP contribution in [-0.2, 0) is 29.3 Å². The molecule has 0 bridgehead atoms. The second kappa shape index (κ2) is 9.39. The first-order valence-corrected chi connectivity index (χ1v) is 13.0. The van der Waals surface area contributed by atoms with Gasteiger partial charge < -0.3 is 5.73 Å². The molecular weight excluding hydrogens is 416 g/mol. The molecule has 0 heterocycles. The van der Waals surface area contributed by atoms with Gasteiger partial charge >= 0.3 is 0 Å². The Morgan fingerprint density at radius 2 is 1.90 bits per heavy atom. The molecule has 0 aliphatic heterocycles. The van der Waals surface area contributed by atoms with Gasteiger partial charge in [-0.2, -0.15) is 0 Å². The molecule has 2 aliphatic rings. The van der Waals surface area contributed by atoms with E-state index in [9.17, 15) is 8.42 Å². The predicted molar refractivity (Wildman–Crippen MR) is 123 cm³/mol. The van der Waals surface area contributed by atoms with Crippen molar-refractivity contribution < 1.29 is 8.42 Å². The number of hydrogen-bond acceptors (Lipinski definition) is 3. The molecule has 30 heavy (non-hydrogen) atoms. The van der Waals surface area contributed by atoms with Crippen LogP contribution >= 0.6 is 11.6 Å². The van der Waals surface area contributed by atoms with Gasteiger partial charge in [0.25, 0.3) is 0 Å². The molecule has 0 radical (unpaired) electrons. The first-order valence-electron chi connectivity index (χ1n) is 11.0. The van der Waals surface area contributed by atoms with E-state index in [0.29, 0.717) is 12.5 Å². The van der Waals surface area contributed by atoms with Crippen molar-refractivity contribution in [1.29, 1.82) is 0 Å². The highest BCUT2D eigenvalue weighted by Gasteiger charge is 2.29. The number of nitrogens with one attached hydrogen (secondary N) is 1. The molecule has 1 fully saturated rings. The molecule has 3 N–H and O–H groups in total. The minimum absolute atomic E-state index is 0.123. The largest absolute Gasteiger partial charge is 0.327 e. The maximum absolute atomic E-state index is 12.0. The van der Waals surface area contributed by atoms with Crippen LogP contribution in [0.25, 0.3) is 0 Å². The molecule has 1 saturated carbocycles. The number of fused-ring (bicyclic) bond motifs is 1. The summed E-state index contributed by atoms with van der Waals surface area (Å²) in [6, 6.07) is 14.8. The van der Waals surface area contributed by atoms with Gasteiger partial charge in [-0.05, 0) is 79.2 Å². The monoisotopic (exact) mass is 446 g/mol. The van der Waals surface area contributed by atoms with Crippen molar-refractivity contribution in [2.45, 2.75) is 56.9 Å². The zero-order valence-electron chi connectivity index (χ0n) is 17.3. The van der Waals surface area contributed by atoms with Gasteiger partial charge in [0.1, 0.15) is 0 Å². The zero-order chi connectivity index (χ0) is 21.1. The molecule has 2 unspecified atom stereocenters. The van der Waals surface area contributed by atoms with Gasteiger partial charge in [0.2, 0.25) is 10.0 Å². The number of halogens is 1. The summed E-state index contributed by atoms with van der Waals surface area (Å²) in [5, 5.41) is 0.798. The highest BCUT2D eigenvalue weighted by Crippen LogP contribution is 2.35. The van der Waals surface area contributed by atoms with Crippen molar-refractivity contribution in [1.82, 2.24) is 4.72 Å². The predicted octanol–water partition coefficient (Wildman–Crippen LogP) is 4.20. The second-order valence-electron chi connectivity index (χ2n) is 8.86. The van der Waals surface area contributed by atoms with Gasteiger partial charge in [-0.3, -0.25) is 0 Å². The Kier molecular flexibility index (Phi) is 6.83. The van der Waals surface area contributed by atoms with Crippen molar-refractivity contribution >= 4 is 21.6 Å². The molecular formula is C24H31ClN2O2S. The Bertz CT molecular complexity index is 988. The minimum atomic E-state index is -3.12. The highest BCUT2D eigenvalue weighted by atomic mass is 35.5. The van der Waals surface area contributed by atoms with Crippen LogP contribution in [0, 0.1) is 5.92 Å². The third-order valence-corrected chi connectivity index (χ3v) is 8.31. The summed E-state index contributed by atoms with van der Waals surface area (Å²) in [4.78, 5) is 0. The maximum atomic E-state index is 12.0. The topological polar surface area (TPSA) is 72.2 Å². The van der Waals surface area contributed by atoms with Crippen LogP contribution in [0.15, 0.2) is 42.5 Å². The summed E-state index contributed by atoms with van der Waals surface area (Å²) < 4.78 is 26.8. The molecule has 2 aromatic rings. The second-order valence-corrected chi connectivity index (χ2v) is 11.1. The van der Waals surface area contributed by atoms with E-state index in [-0.39, 0.29) is 17.7 Å². The number of nitrogens with two attached hydrogens (primary N) is 1. The van der Waals surface area contributed by atoms with E-state index in [0.717, 1.165) is 55.5 Å².